The van der Waals surface area contributed by atoms with E-state index in [4.69, 9.17) is 16.7 Å². The van der Waals surface area contributed by atoms with Crippen LogP contribution in [0.2, 0.25) is 5.02 Å². The fourth-order valence-corrected chi connectivity index (χ4v) is 2.70. The van der Waals surface area contributed by atoms with Crippen molar-refractivity contribution in [2.75, 3.05) is 18.5 Å². The summed E-state index contributed by atoms with van der Waals surface area (Å²) in [6.07, 6.45) is -0.891. The van der Waals surface area contributed by atoms with Gasteiger partial charge in [-0.2, -0.15) is 0 Å². The molecule has 6 nitrogen and oxygen atoms in total. The average Bonchev–Trinajstić information content (AvgIpc) is 2.60. The van der Waals surface area contributed by atoms with E-state index in [1.165, 1.54) is 0 Å². The van der Waals surface area contributed by atoms with Crippen molar-refractivity contribution in [3.05, 3.63) is 47.5 Å². The molecule has 0 aliphatic rings. The first-order chi connectivity index (χ1) is 11.6. The zero-order valence-corrected chi connectivity index (χ0v) is 13.4. The van der Waals surface area contributed by atoms with Crippen molar-refractivity contribution in [3.63, 3.8) is 0 Å². The quantitative estimate of drug-likeness (QED) is 0.567. The second kappa shape index (κ2) is 7.00. The summed E-state index contributed by atoms with van der Waals surface area (Å²) in [5.41, 5.74) is 0.895. The van der Waals surface area contributed by atoms with Crippen molar-refractivity contribution in [2.45, 2.75) is 6.10 Å². The van der Waals surface area contributed by atoms with Crippen LogP contribution in [0.4, 0.5) is 5.82 Å². The molecule has 1 unspecified atom stereocenters. The number of phenols is 1. The van der Waals surface area contributed by atoms with Crippen LogP contribution in [0.1, 0.15) is 0 Å². The van der Waals surface area contributed by atoms with E-state index in [2.05, 4.69) is 15.5 Å². The molecular weight excluding hydrogens is 330 g/mol. The van der Waals surface area contributed by atoms with Crippen LogP contribution in [-0.4, -0.2) is 44.8 Å². The number of fused-ring (bicyclic) bond motifs is 1. The van der Waals surface area contributed by atoms with Gasteiger partial charge in [-0.05, 0) is 12.1 Å². The third kappa shape index (κ3) is 3.12. The summed E-state index contributed by atoms with van der Waals surface area (Å²) >= 11 is 6.22. The molecule has 0 radical (unpaired) electrons. The summed E-state index contributed by atoms with van der Waals surface area (Å²) in [4.78, 5) is 0. The molecule has 0 aliphatic heterocycles. The van der Waals surface area contributed by atoms with E-state index in [9.17, 15) is 10.2 Å². The molecule has 0 bridgehead atoms. The lowest BCUT2D eigenvalue weighted by Gasteiger charge is -2.14. The summed E-state index contributed by atoms with van der Waals surface area (Å²) < 4.78 is 0. The van der Waals surface area contributed by atoms with Crippen LogP contribution in [0.3, 0.4) is 0 Å². The molecule has 24 heavy (non-hydrogen) atoms. The van der Waals surface area contributed by atoms with E-state index >= 15 is 0 Å². The van der Waals surface area contributed by atoms with Crippen LogP contribution >= 0.6 is 11.6 Å². The normalized spacial score (nSPS) is 12.3. The molecule has 3 aromatic rings. The third-order valence-corrected chi connectivity index (χ3v) is 3.95. The molecule has 1 aromatic heterocycles. The van der Waals surface area contributed by atoms with Crippen LogP contribution < -0.4 is 5.32 Å². The van der Waals surface area contributed by atoms with Crippen molar-refractivity contribution in [1.82, 2.24) is 10.2 Å². The van der Waals surface area contributed by atoms with Crippen LogP contribution in [0.5, 0.6) is 5.75 Å². The molecule has 3 rings (SSSR count). The summed E-state index contributed by atoms with van der Waals surface area (Å²) in [5.74, 6) is 0.506. The van der Waals surface area contributed by atoms with Gasteiger partial charge in [0.25, 0.3) is 0 Å². The zero-order valence-electron chi connectivity index (χ0n) is 12.6. The van der Waals surface area contributed by atoms with Gasteiger partial charge in [0, 0.05) is 17.3 Å². The maximum absolute atomic E-state index is 10.2. The molecule has 0 spiro atoms. The van der Waals surface area contributed by atoms with Crippen molar-refractivity contribution in [2.24, 2.45) is 0 Å². The predicted octanol–water partition coefficient (Wildman–Crippen LogP) is 2.42. The van der Waals surface area contributed by atoms with E-state index in [1.54, 1.807) is 18.2 Å². The van der Waals surface area contributed by atoms with E-state index < -0.39 is 6.10 Å². The number of nitrogens with zero attached hydrogens (tertiary/aromatic N) is 2. The standard InChI is InChI=1S/C17H16ClN3O3/c18-13-6-3-7-14(24)15(13)16-11-4-1-2-5-12(11)17(21-20-16)19-8-10(23)9-22/h1-7,10,22-24H,8-9H2,(H,19,21). The molecule has 2 aromatic carbocycles. The molecule has 0 saturated heterocycles. The number of aromatic hydroxyl groups is 1. The Balaban J connectivity index is 2.12. The number of aromatic nitrogens is 2. The minimum absolute atomic E-state index is 0.0263. The Kier molecular flexibility index (Phi) is 4.80. The lowest BCUT2D eigenvalue weighted by molar-refractivity contribution is 0.105. The lowest BCUT2D eigenvalue weighted by atomic mass is 10.0. The molecule has 0 aliphatic carbocycles. The summed E-state index contributed by atoms with van der Waals surface area (Å²) in [5, 5.41) is 41.8. The van der Waals surface area contributed by atoms with E-state index in [0.717, 1.165) is 10.8 Å². The van der Waals surface area contributed by atoms with Gasteiger partial charge in [-0.1, -0.05) is 41.9 Å². The van der Waals surface area contributed by atoms with Gasteiger partial charge in [0.1, 0.15) is 11.4 Å². The number of hydrogen-bond donors (Lipinski definition) is 4. The Bertz CT molecular complexity index is 853. The number of nitrogens with one attached hydrogen (secondary N) is 1. The molecule has 0 amide bonds. The lowest BCUT2D eigenvalue weighted by Crippen LogP contribution is -2.23. The fourth-order valence-electron chi connectivity index (χ4n) is 2.45. The monoisotopic (exact) mass is 345 g/mol. The van der Waals surface area contributed by atoms with Crippen LogP contribution in [-0.2, 0) is 0 Å². The molecular formula is C17H16ClN3O3. The highest BCUT2D eigenvalue weighted by molar-refractivity contribution is 6.34. The van der Waals surface area contributed by atoms with Gasteiger partial charge >= 0.3 is 0 Å². The van der Waals surface area contributed by atoms with Gasteiger partial charge in [0.05, 0.1) is 23.3 Å². The maximum atomic E-state index is 10.2. The average molecular weight is 346 g/mol. The SMILES string of the molecule is OCC(O)CNc1nnc(-c2c(O)cccc2Cl)c2ccccc12. The van der Waals surface area contributed by atoms with E-state index in [-0.39, 0.29) is 18.9 Å². The highest BCUT2D eigenvalue weighted by atomic mass is 35.5. The van der Waals surface area contributed by atoms with Crippen molar-refractivity contribution >= 4 is 28.2 Å². The Morgan fingerprint density at radius 3 is 2.50 bits per heavy atom. The van der Waals surface area contributed by atoms with E-state index in [0.29, 0.717) is 22.1 Å². The van der Waals surface area contributed by atoms with Crippen LogP contribution in [0.15, 0.2) is 42.5 Å². The van der Waals surface area contributed by atoms with Crippen molar-refractivity contribution < 1.29 is 15.3 Å². The van der Waals surface area contributed by atoms with Crippen LogP contribution in [0.25, 0.3) is 22.0 Å². The molecule has 1 atom stereocenters. The first kappa shape index (κ1) is 16.4. The number of phenolic OH excluding ortho intramolecular Hbond substituents is 1. The molecule has 1 heterocycles. The number of aliphatic hydroxyl groups is 2. The second-order valence-corrected chi connectivity index (χ2v) is 5.70. The Morgan fingerprint density at radius 2 is 1.79 bits per heavy atom. The zero-order chi connectivity index (χ0) is 17.1. The Labute approximate surface area is 143 Å². The molecule has 124 valence electrons. The highest BCUT2D eigenvalue weighted by Gasteiger charge is 2.16. The predicted molar refractivity (Wildman–Crippen MR) is 93.2 cm³/mol. The van der Waals surface area contributed by atoms with Gasteiger partial charge in [0.2, 0.25) is 0 Å². The summed E-state index contributed by atoms with van der Waals surface area (Å²) in [6, 6.07) is 12.3. The number of hydrogen-bond acceptors (Lipinski definition) is 6. The minimum atomic E-state index is -0.891. The Hall–Kier alpha value is -2.41. The maximum Gasteiger partial charge on any atom is 0.156 e. The molecule has 4 N–H and O–H groups in total. The van der Waals surface area contributed by atoms with Gasteiger partial charge in [-0.25, -0.2) is 0 Å². The summed E-state index contributed by atoms with van der Waals surface area (Å²) in [7, 11) is 0. The highest BCUT2D eigenvalue weighted by Crippen LogP contribution is 2.38. The largest absolute Gasteiger partial charge is 0.507 e. The van der Waals surface area contributed by atoms with Crippen LogP contribution in [0, 0.1) is 0 Å². The summed E-state index contributed by atoms with van der Waals surface area (Å²) in [6.45, 7) is -0.199. The number of anilines is 1. The second-order valence-electron chi connectivity index (χ2n) is 5.29. The molecule has 7 heteroatoms. The van der Waals surface area contributed by atoms with Crippen molar-refractivity contribution in [1.29, 1.82) is 0 Å². The van der Waals surface area contributed by atoms with E-state index in [1.807, 2.05) is 24.3 Å². The van der Waals surface area contributed by atoms with Gasteiger partial charge in [-0.3, -0.25) is 0 Å². The first-order valence-corrected chi connectivity index (χ1v) is 7.75. The smallest absolute Gasteiger partial charge is 0.156 e. The Morgan fingerprint density at radius 1 is 1.04 bits per heavy atom. The number of rotatable bonds is 5. The third-order valence-electron chi connectivity index (χ3n) is 3.63. The molecule has 0 fully saturated rings. The van der Waals surface area contributed by atoms with Gasteiger partial charge in [-0.15, -0.1) is 10.2 Å². The van der Waals surface area contributed by atoms with Gasteiger partial charge < -0.3 is 20.6 Å². The van der Waals surface area contributed by atoms with Gasteiger partial charge in [0.15, 0.2) is 5.82 Å². The number of aliphatic hydroxyl groups excluding tert-OH is 2. The number of halogens is 1. The fraction of sp³-hybridized carbons (Fsp3) is 0.176. The number of benzene rings is 2. The topological polar surface area (TPSA) is 98.5 Å². The first-order valence-electron chi connectivity index (χ1n) is 7.38. The minimum Gasteiger partial charge on any atom is -0.507 e. The molecule has 0 saturated carbocycles. The van der Waals surface area contributed by atoms with Crippen molar-refractivity contribution in [3.8, 4) is 17.0 Å².